The zero-order valence-corrected chi connectivity index (χ0v) is 17.0. The van der Waals surface area contributed by atoms with Crippen molar-refractivity contribution in [3.8, 4) is 23.3 Å². The normalized spacial score (nSPS) is 20.3. The van der Waals surface area contributed by atoms with Crippen molar-refractivity contribution in [1.29, 1.82) is 5.26 Å². The number of nitriles is 1. The number of nitrogens with zero attached hydrogens (tertiary/aromatic N) is 2. The zero-order chi connectivity index (χ0) is 20.5. The predicted octanol–water partition coefficient (Wildman–Crippen LogP) is 4.23. The highest BCUT2D eigenvalue weighted by Crippen LogP contribution is 2.56. The van der Waals surface area contributed by atoms with E-state index in [0.717, 1.165) is 16.0 Å². The smallest absolute Gasteiger partial charge is 0.246 e. The van der Waals surface area contributed by atoms with Crippen molar-refractivity contribution in [2.24, 2.45) is 0 Å². The van der Waals surface area contributed by atoms with Crippen LogP contribution in [0.25, 0.3) is 0 Å². The van der Waals surface area contributed by atoms with Gasteiger partial charge in [-0.3, -0.25) is 4.79 Å². The highest BCUT2D eigenvalue weighted by atomic mass is 35.5. The summed E-state index contributed by atoms with van der Waals surface area (Å²) in [7, 11) is 0. The van der Waals surface area contributed by atoms with Crippen LogP contribution in [0.3, 0.4) is 0 Å². The van der Waals surface area contributed by atoms with Crippen LogP contribution in [0.1, 0.15) is 21.6 Å². The van der Waals surface area contributed by atoms with Crippen LogP contribution in [0.5, 0.6) is 17.2 Å². The van der Waals surface area contributed by atoms with Gasteiger partial charge >= 0.3 is 0 Å². The number of ether oxygens (including phenoxy) is 3. The molecule has 8 heteroatoms. The second-order valence-corrected chi connectivity index (χ2v) is 9.11. The van der Waals surface area contributed by atoms with E-state index < -0.39 is 5.41 Å². The van der Waals surface area contributed by atoms with E-state index >= 15 is 0 Å². The number of carbonyl (C=O) groups excluding carboxylic acids is 1. The van der Waals surface area contributed by atoms with Gasteiger partial charge in [-0.25, -0.2) is 0 Å². The van der Waals surface area contributed by atoms with Crippen molar-refractivity contribution in [3.63, 3.8) is 0 Å². The van der Waals surface area contributed by atoms with E-state index in [4.69, 9.17) is 25.8 Å². The summed E-state index contributed by atoms with van der Waals surface area (Å²) >= 11 is 7.52. The number of hydrogen-bond donors (Lipinski definition) is 0. The van der Waals surface area contributed by atoms with Crippen LogP contribution in [0.2, 0.25) is 4.34 Å². The minimum atomic E-state index is -1.03. The molecule has 1 aromatic heterocycles. The molecule has 0 fully saturated rings. The average molecular weight is 437 g/mol. The first-order chi connectivity index (χ1) is 14.6. The molecule has 0 aliphatic carbocycles. The first kappa shape index (κ1) is 17.6. The molecular weight excluding hydrogens is 424 g/mol. The molecule has 3 aliphatic heterocycles. The minimum absolute atomic E-state index is 0.123. The number of para-hydroxylation sites is 1. The Morgan fingerprint density at radius 2 is 1.93 bits per heavy atom. The van der Waals surface area contributed by atoms with E-state index in [2.05, 4.69) is 6.07 Å². The number of rotatable bonds is 2. The average Bonchev–Trinajstić information content (AvgIpc) is 3.51. The summed E-state index contributed by atoms with van der Waals surface area (Å²) in [5, 5.41) is 9.76. The van der Waals surface area contributed by atoms with E-state index in [1.54, 1.807) is 17.0 Å². The first-order valence-corrected chi connectivity index (χ1v) is 10.5. The Balaban J connectivity index is 1.56. The van der Waals surface area contributed by atoms with Gasteiger partial charge in [0.1, 0.15) is 23.8 Å². The lowest BCUT2D eigenvalue weighted by molar-refractivity contribution is -0.122. The van der Waals surface area contributed by atoms with Gasteiger partial charge in [-0.05, 0) is 24.3 Å². The Morgan fingerprint density at radius 3 is 2.70 bits per heavy atom. The van der Waals surface area contributed by atoms with E-state index in [9.17, 15) is 10.1 Å². The third kappa shape index (κ3) is 2.20. The van der Waals surface area contributed by atoms with Gasteiger partial charge in [0.05, 0.1) is 22.1 Å². The van der Waals surface area contributed by atoms with Crippen LogP contribution in [-0.2, 0) is 16.8 Å². The maximum atomic E-state index is 14.0. The summed E-state index contributed by atoms with van der Waals surface area (Å²) in [6.45, 7) is 0.636. The van der Waals surface area contributed by atoms with Crippen LogP contribution in [0.15, 0.2) is 42.5 Å². The lowest BCUT2D eigenvalue weighted by atomic mass is 9.76. The predicted molar refractivity (Wildman–Crippen MR) is 111 cm³/mol. The fraction of sp³-hybridized carbons (Fsp3) is 0.182. The quantitative estimate of drug-likeness (QED) is 0.601. The fourth-order valence-corrected chi connectivity index (χ4v) is 5.58. The van der Waals surface area contributed by atoms with Crippen LogP contribution in [0, 0.1) is 11.3 Å². The van der Waals surface area contributed by atoms with Gasteiger partial charge in [-0.1, -0.05) is 23.7 Å². The molecule has 6 rings (SSSR count). The molecule has 0 saturated heterocycles. The molecule has 4 heterocycles. The van der Waals surface area contributed by atoms with E-state index in [-0.39, 0.29) is 19.3 Å². The Bertz CT molecular complexity index is 1280. The standard InChI is InChI=1S/C22H13ClN2O4S/c23-19-5-4-13(30-19)9-25-20-12(8-24)2-1-3-14(20)22(21(25)26)10-27-16-7-18-17(6-15(16)22)28-11-29-18/h1-7H,9-11H2. The van der Waals surface area contributed by atoms with Crippen LogP contribution < -0.4 is 19.1 Å². The summed E-state index contributed by atoms with van der Waals surface area (Å²) in [6.07, 6.45) is 0. The second-order valence-electron chi connectivity index (χ2n) is 7.31. The first-order valence-electron chi connectivity index (χ1n) is 9.28. The maximum Gasteiger partial charge on any atom is 0.246 e. The summed E-state index contributed by atoms with van der Waals surface area (Å²) < 4.78 is 17.6. The van der Waals surface area contributed by atoms with Crippen LogP contribution in [-0.4, -0.2) is 19.3 Å². The summed E-state index contributed by atoms with van der Waals surface area (Å²) in [5.41, 5.74) is 1.56. The molecule has 1 unspecified atom stereocenters. The number of carbonyl (C=O) groups is 1. The molecule has 3 aromatic rings. The number of benzene rings is 2. The molecule has 0 saturated carbocycles. The van der Waals surface area contributed by atoms with Gasteiger partial charge in [0.2, 0.25) is 12.7 Å². The topological polar surface area (TPSA) is 71.8 Å². The minimum Gasteiger partial charge on any atom is -0.491 e. The lowest BCUT2D eigenvalue weighted by Crippen LogP contribution is -2.42. The van der Waals surface area contributed by atoms with E-state index in [1.165, 1.54) is 11.3 Å². The summed E-state index contributed by atoms with van der Waals surface area (Å²) in [5.74, 6) is 1.67. The third-order valence-electron chi connectivity index (χ3n) is 5.82. The Morgan fingerprint density at radius 1 is 1.10 bits per heavy atom. The van der Waals surface area contributed by atoms with Crippen molar-refractivity contribution in [3.05, 3.63) is 68.4 Å². The molecule has 30 heavy (non-hydrogen) atoms. The third-order valence-corrected chi connectivity index (χ3v) is 7.03. The van der Waals surface area contributed by atoms with Gasteiger partial charge in [0, 0.05) is 22.1 Å². The molecule has 148 valence electrons. The van der Waals surface area contributed by atoms with E-state index in [0.29, 0.717) is 39.4 Å². The number of halogens is 1. The fourth-order valence-electron chi connectivity index (χ4n) is 4.50. The molecule has 1 amide bonds. The highest BCUT2D eigenvalue weighted by Gasteiger charge is 2.58. The zero-order valence-electron chi connectivity index (χ0n) is 15.5. The van der Waals surface area contributed by atoms with Crippen LogP contribution >= 0.6 is 22.9 Å². The van der Waals surface area contributed by atoms with Crippen molar-refractivity contribution in [2.45, 2.75) is 12.0 Å². The molecule has 2 aromatic carbocycles. The summed E-state index contributed by atoms with van der Waals surface area (Å²) in [6, 6.07) is 15.0. The number of thiophene rings is 1. The largest absolute Gasteiger partial charge is 0.491 e. The molecular formula is C22H13ClN2O4S. The molecule has 3 aliphatic rings. The van der Waals surface area contributed by atoms with Gasteiger partial charge in [0.15, 0.2) is 11.5 Å². The second kappa shape index (κ2) is 6.14. The lowest BCUT2D eigenvalue weighted by Gasteiger charge is -2.23. The number of anilines is 1. The van der Waals surface area contributed by atoms with Gasteiger partial charge in [-0.15, -0.1) is 11.3 Å². The van der Waals surface area contributed by atoms with Crippen LogP contribution in [0.4, 0.5) is 5.69 Å². The van der Waals surface area contributed by atoms with Crippen molar-refractivity contribution in [1.82, 2.24) is 0 Å². The molecule has 6 nitrogen and oxygen atoms in total. The number of hydrogen-bond acceptors (Lipinski definition) is 6. The molecule has 0 N–H and O–H groups in total. The molecule has 1 spiro atoms. The molecule has 0 bridgehead atoms. The number of amides is 1. The Hall–Kier alpha value is -3.21. The van der Waals surface area contributed by atoms with Crippen molar-refractivity contribution >= 4 is 34.5 Å². The van der Waals surface area contributed by atoms with Crippen molar-refractivity contribution < 1.29 is 19.0 Å². The van der Waals surface area contributed by atoms with Gasteiger partial charge < -0.3 is 19.1 Å². The van der Waals surface area contributed by atoms with Gasteiger partial charge in [-0.2, -0.15) is 5.26 Å². The molecule has 0 radical (unpaired) electrons. The van der Waals surface area contributed by atoms with Crippen molar-refractivity contribution in [2.75, 3.05) is 18.3 Å². The van der Waals surface area contributed by atoms with E-state index in [1.807, 2.05) is 30.3 Å². The Kier molecular flexibility index (Phi) is 3.61. The number of fused-ring (bicyclic) bond motifs is 5. The highest BCUT2D eigenvalue weighted by molar-refractivity contribution is 7.16. The summed E-state index contributed by atoms with van der Waals surface area (Å²) in [4.78, 5) is 16.6. The Labute approximate surface area is 180 Å². The van der Waals surface area contributed by atoms with Gasteiger partial charge in [0.25, 0.3) is 0 Å². The SMILES string of the molecule is N#Cc1cccc2c1N(Cc1ccc(Cl)s1)C(=O)C21COc2cc3c(cc21)OCO3. The molecule has 1 atom stereocenters. The maximum absolute atomic E-state index is 14.0. The monoisotopic (exact) mass is 436 g/mol.